The molecule has 0 saturated heterocycles. The molecule has 138 valence electrons. The molecule has 0 unspecified atom stereocenters. The lowest BCUT2D eigenvalue weighted by molar-refractivity contribution is -0.137. The van der Waals surface area contributed by atoms with Gasteiger partial charge in [0.15, 0.2) is 0 Å². The Hall–Kier alpha value is -3.27. The third-order valence-electron chi connectivity index (χ3n) is 4.04. The van der Waals surface area contributed by atoms with E-state index in [0.29, 0.717) is 5.56 Å². The summed E-state index contributed by atoms with van der Waals surface area (Å²) in [6, 6.07) is 11.3. The first-order valence-corrected chi connectivity index (χ1v) is 8.16. The topological polar surface area (TPSA) is 62.1 Å². The van der Waals surface area contributed by atoms with E-state index in [1.165, 1.54) is 18.2 Å². The van der Waals surface area contributed by atoms with Crippen molar-refractivity contribution in [1.29, 1.82) is 5.26 Å². The van der Waals surface area contributed by atoms with Crippen LogP contribution in [0, 0.1) is 11.3 Å². The van der Waals surface area contributed by atoms with Crippen molar-refractivity contribution >= 4 is 17.7 Å². The number of ether oxygens (including phenoxy) is 1. The van der Waals surface area contributed by atoms with Gasteiger partial charge in [-0.05, 0) is 54.5 Å². The van der Waals surface area contributed by atoms with E-state index in [9.17, 15) is 23.2 Å². The molecule has 1 aliphatic rings. The summed E-state index contributed by atoms with van der Waals surface area (Å²) in [7, 11) is 0. The normalized spacial score (nSPS) is 16.3. The minimum atomic E-state index is -4.52. The van der Waals surface area contributed by atoms with Gasteiger partial charge in [0, 0.05) is 12.1 Å². The Labute approximate surface area is 153 Å². The first kappa shape index (κ1) is 18.5. The lowest BCUT2D eigenvalue weighted by Crippen LogP contribution is -2.14. The number of nitrogens with zero attached hydrogens (tertiary/aromatic N) is 1. The summed E-state index contributed by atoms with van der Waals surface area (Å²) < 4.78 is 43.9. The molecule has 0 fully saturated rings. The monoisotopic (exact) mass is 372 g/mol. The highest BCUT2D eigenvalue weighted by molar-refractivity contribution is 6.09. The maximum absolute atomic E-state index is 12.8. The van der Waals surface area contributed by atoms with Gasteiger partial charge < -0.3 is 10.1 Å². The van der Waals surface area contributed by atoms with Gasteiger partial charge in [0.05, 0.1) is 5.56 Å². The van der Waals surface area contributed by atoms with Crippen LogP contribution in [0.4, 0.5) is 18.9 Å². The summed E-state index contributed by atoms with van der Waals surface area (Å²) in [5, 5.41) is 11.6. The molecular formula is C20H15F3N2O2. The van der Waals surface area contributed by atoms with Crippen LogP contribution in [0.1, 0.15) is 23.6 Å². The number of carbonyl (C=O) groups is 1. The van der Waals surface area contributed by atoms with Crippen molar-refractivity contribution in [2.24, 2.45) is 0 Å². The number of halogens is 3. The number of rotatable bonds is 3. The third-order valence-corrected chi connectivity index (χ3v) is 4.04. The Bertz CT molecular complexity index is 958. The highest BCUT2D eigenvalue weighted by Crippen LogP contribution is 2.31. The number of amides is 1. The maximum atomic E-state index is 12.8. The number of hydrogen-bond acceptors (Lipinski definition) is 3. The van der Waals surface area contributed by atoms with E-state index < -0.39 is 17.6 Å². The van der Waals surface area contributed by atoms with E-state index in [0.717, 1.165) is 29.9 Å². The van der Waals surface area contributed by atoms with Crippen LogP contribution in [0.3, 0.4) is 0 Å². The zero-order chi connectivity index (χ0) is 19.6. The smallest absolute Gasteiger partial charge is 0.416 e. The predicted octanol–water partition coefficient (Wildman–Crippen LogP) is 4.57. The van der Waals surface area contributed by atoms with Crippen LogP contribution in [-0.2, 0) is 17.4 Å². The second-order valence-electron chi connectivity index (χ2n) is 6.20. The quantitative estimate of drug-likeness (QED) is 0.634. The highest BCUT2D eigenvalue weighted by Gasteiger charge is 2.30. The molecule has 1 heterocycles. The molecular weight excluding hydrogens is 357 g/mol. The fraction of sp³-hybridized carbons (Fsp3) is 0.200. The lowest BCUT2D eigenvalue weighted by Gasteiger charge is -2.09. The standard InChI is InChI=1S/C20H15F3N2O2/c1-12-7-14-8-13(5-6-18(14)27-12)9-15(11-24)19(26)25-17-4-2-3-16(10-17)20(21,22)23/h2-6,8-10,12H,7H2,1H3,(H,25,26)/b15-9+/t12-/m1/s1. The summed E-state index contributed by atoms with van der Waals surface area (Å²) >= 11 is 0. The number of nitrogens with one attached hydrogen (secondary N) is 1. The molecule has 0 saturated carbocycles. The van der Waals surface area contributed by atoms with Crippen LogP contribution in [0.15, 0.2) is 48.0 Å². The van der Waals surface area contributed by atoms with E-state index in [2.05, 4.69) is 5.32 Å². The number of anilines is 1. The Balaban J connectivity index is 1.80. The molecule has 7 heteroatoms. The summed E-state index contributed by atoms with van der Waals surface area (Å²) in [4.78, 5) is 12.3. The van der Waals surface area contributed by atoms with Crippen molar-refractivity contribution in [2.75, 3.05) is 5.32 Å². The number of carbonyl (C=O) groups excluding carboxylic acids is 1. The van der Waals surface area contributed by atoms with Gasteiger partial charge in [-0.2, -0.15) is 18.4 Å². The summed E-state index contributed by atoms with van der Waals surface area (Å²) in [5.74, 6) is -0.00600. The van der Waals surface area contributed by atoms with E-state index in [4.69, 9.17) is 4.74 Å². The largest absolute Gasteiger partial charge is 0.490 e. The van der Waals surface area contributed by atoms with Crippen molar-refractivity contribution in [3.05, 3.63) is 64.7 Å². The highest BCUT2D eigenvalue weighted by atomic mass is 19.4. The second-order valence-corrected chi connectivity index (χ2v) is 6.20. The molecule has 2 aromatic rings. The van der Waals surface area contributed by atoms with E-state index in [-0.39, 0.29) is 17.4 Å². The zero-order valence-corrected chi connectivity index (χ0v) is 14.3. The Kier molecular flexibility index (Phi) is 4.91. The van der Waals surface area contributed by atoms with Crippen LogP contribution >= 0.6 is 0 Å². The first-order valence-electron chi connectivity index (χ1n) is 8.16. The van der Waals surface area contributed by atoms with Gasteiger partial charge in [0.1, 0.15) is 23.5 Å². The molecule has 27 heavy (non-hydrogen) atoms. The number of hydrogen-bond donors (Lipinski definition) is 1. The fourth-order valence-corrected chi connectivity index (χ4v) is 2.82. The van der Waals surface area contributed by atoms with Crippen molar-refractivity contribution in [3.8, 4) is 11.8 Å². The average molecular weight is 372 g/mol. The number of nitriles is 1. The van der Waals surface area contributed by atoms with Gasteiger partial charge in [-0.15, -0.1) is 0 Å². The number of benzene rings is 2. The molecule has 1 aliphatic heterocycles. The van der Waals surface area contributed by atoms with Crippen LogP contribution in [0.25, 0.3) is 6.08 Å². The minimum absolute atomic E-state index is 0.0350. The Morgan fingerprint density at radius 1 is 1.30 bits per heavy atom. The molecule has 1 N–H and O–H groups in total. The molecule has 1 amide bonds. The van der Waals surface area contributed by atoms with Crippen LogP contribution in [-0.4, -0.2) is 12.0 Å². The van der Waals surface area contributed by atoms with Crippen LogP contribution in [0.2, 0.25) is 0 Å². The Morgan fingerprint density at radius 3 is 2.78 bits per heavy atom. The molecule has 3 rings (SSSR count). The first-order chi connectivity index (χ1) is 12.8. The Morgan fingerprint density at radius 2 is 2.07 bits per heavy atom. The molecule has 0 bridgehead atoms. The molecule has 0 aromatic heterocycles. The fourth-order valence-electron chi connectivity index (χ4n) is 2.82. The van der Waals surface area contributed by atoms with Gasteiger partial charge >= 0.3 is 6.18 Å². The molecule has 4 nitrogen and oxygen atoms in total. The van der Waals surface area contributed by atoms with Gasteiger partial charge in [-0.3, -0.25) is 4.79 Å². The molecule has 2 aromatic carbocycles. The second kappa shape index (κ2) is 7.16. The lowest BCUT2D eigenvalue weighted by atomic mass is 10.0. The van der Waals surface area contributed by atoms with Crippen LogP contribution in [0.5, 0.6) is 5.75 Å². The van der Waals surface area contributed by atoms with E-state index >= 15 is 0 Å². The zero-order valence-electron chi connectivity index (χ0n) is 14.3. The van der Waals surface area contributed by atoms with Gasteiger partial charge in [0.2, 0.25) is 0 Å². The van der Waals surface area contributed by atoms with Crippen molar-refractivity contribution in [3.63, 3.8) is 0 Å². The summed E-state index contributed by atoms with van der Waals surface area (Å²) in [5.41, 5.74) is 0.496. The van der Waals surface area contributed by atoms with Gasteiger partial charge in [-0.1, -0.05) is 12.1 Å². The maximum Gasteiger partial charge on any atom is 0.416 e. The number of alkyl halides is 3. The summed E-state index contributed by atoms with van der Waals surface area (Å²) in [6.45, 7) is 1.94. The van der Waals surface area contributed by atoms with Gasteiger partial charge in [0.25, 0.3) is 5.91 Å². The molecule has 0 aliphatic carbocycles. The van der Waals surface area contributed by atoms with Crippen molar-refractivity contribution in [1.82, 2.24) is 0 Å². The van der Waals surface area contributed by atoms with Crippen LogP contribution < -0.4 is 10.1 Å². The molecule has 0 spiro atoms. The van der Waals surface area contributed by atoms with E-state index in [1.807, 2.05) is 13.0 Å². The van der Waals surface area contributed by atoms with Crippen molar-refractivity contribution in [2.45, 2.75) is 25.6 Å². The number of fused-ring (bicyclic) bond motifs is 1. The average Bonchev–Trinajstić information content (AvgIpc) is 2.98. The summed E-state index contributed by atoms with van der Waals surface area (Å²) in [6.07, 6.45) is -2.32. The van der Waals surface area contributed by atoms with E-state index in [1.54, 1.807) is 18.2 Å². The van der Waals surface area contributed by atoms with Crippen molar-refractivity contribution < 1.29 is 22.7 Å². The predicted molar refractivity (Wildman–Crippen MR) is 93.9 cm³/mol. The minimum Gasteiger partial charge on any atom is -0.490 e. The molecule has 1 atom stereocenters. The SMILES string of the molecule is C[C@@H]1Cc2cc(/C=C(\C#N)C(=O)Nc3cccc(C(F)(F)F)c3)ccc2O1. The third kappa shape index (κ3) is 4.29. The molecule has 0 radical (unpaired) electrons. The van der Waals surface area contributed by atoms with Gasteiger partial charge in [-0.25, -0.2) is 0 Å².